The highest BCUT2D eigenvalue weighted by atomic mass is 35.5. The number of hydrogen-bond acceptors (Lipinski definition) is 4. The Labute approximate surface area is 102 Å². The standard InChI is InChI=1S/C10H8Cl2N4/c11-7-3-1-6(2-4-7)10-14-8(12)5-9(15-10)16-13/h1-5H,13H2,(H,14,15,16). The second kappa shape index (κ2) is 4.65. The lowest BCUT2D eigenvalue weighted by molar-refractivity contribution is 1.15. The van der Waals surface area contributed by atoms with Crippen LogP contribution in [0.15, 0.2) is 30.3 Å². The zero-order chi connectivity index (χ0) is 11.5. The molecule has 82 valence electrons. The van der Waals surface area contributed by atoms with E-state index in [9.17, 15) is 0 Å². The molecular weight excluding hydrogens is 247 g/mol. The second-order valence-electron chi connectivity index (χ2n) is 3.05. The summed E-state index contributed by atoms with van der Waals surface area (Å²) < 4.78 is 0. The zero-order valence-corrected chi connectivity index (χ0v) is 9.63. The fraction of sp³-hybridized carbons (Fsp3) is 0. The third-order valence-corrected chi connectivity index (χ3v) is 2.39. The molecule has 0 bridgehead atoms. The van der Waals surface area contributed by atoms with Crippen molar-refractivity contribution in [2.24, 2.45) is 5.84 Å². The molecule has 0 unspecified atom stereocenters. The predicted octanol–water partition coefficient (Wildman–Crippen LogP) is 2.74. The van der Waals surface area contributed by atoms with Crippen LogP contribution in [0.1, 0.15) is 0 Å². The molecule has 0 amide bonds. The van der Waals surface area contributed by atoms with E-state index in [0.717, 1.165) is 5.56 Å². The van der Waals surface area contributed by atoms with Crippen LogP contribution in [-0.2, 0) is 0 Å². The minimum Gasteiger partial charge on any atom is -0.308 e. The van der Waals surface area contributed by atoms with Gasteiger partial charge in [-0.15, -0.1) is 0 Å². The molecule has 0 aliphatic rings. The molecular formula is C10H8Cl2N4. The maximum atomic E-state index is 5.84. The van der Waals surface area contributed by atoms with Crippen LogP contribution in [0, 0.1) is 0 Å². The molecule has 0 saturated heterocycles. The van der Waals surface area contributed by atoms with E-state index in [-0.39, 0.29) is 0 Å². The first-order valence-corrected chi connectivity index (χ1v) is 5.22. The molecule has 16 heavy (non-hydrogen) atoms. The van der Waals surface area contributed by atoms with Crippen molar-refractivity contribution < 1.29 is 0 Å². The Morgan fingerprint density at radius 3 is 2.38 bits per heavy atom. The Morgan fingerprint density at radius 1 is 1.06 bits per heavy atom. The Kier molecular flexibility index (Phi) is 3.24. The monoisotopic (exact) mass is 254 g/mol. The Balaban J connectivity index is 2.47. The first kappa shape index (κ1) is 11.1. The number of anilines is 1. The topological polar surface area (TPSA) is 63.8 Å². The summed E-state index contributed by atoms with van der Waals surface area (Å²) in [5, 5.41) is 0.982. The van der Waals surface area contributed by atoms with Gasteiger partial charge in [0.2, 0.25) is 0 Å². The normalized spacial score (nSPS) is 10.2. The van der Waals surface area contributed by atoms with Crippen LogP contribution in [0.4, 0.5) is 5.82 Å². The van der Waals surface area contributed by atoms with Crippen molar-refractivity contribution >= 4 is 29.0 Å². The van der Waals surface area contributed by atoms with Crippen LogP contribution in [-0.4, -0.2) is 9.97 Å². The Bertz CT molecular complexity index is 499. The molecule has 0 aliphatic carbocycles. The van der Waals surface area contributed by atoms with Crippen LogP contribution >= 0.6 is 23.2 Å². The summed E-state index contributed by atoms with van der Waals surface area (Å²) in [7, 11) is 0. The average Bonchev–Trinajstić information content (AvgIpc) is 2.29. The molecule has 1 aromatic heterocycles. The summed E-state index contributed by atoms with van der Waals surface area (Å²) in [5.41, 5.74) is 3.25. The second-order valence-corrected chi connectivity index (χ2v) is 3.87. The lowest BCUT2D eigenvalue weighted by Crippen LogP contribution is -2.09. The van der Waals surface area contributed by atoms with Gasteiger partial charge < -0.3 is 5.43 Å². The van der Waals surface area contributed by atoms with E-state index in [1.54, 1.807) is 18.2 Å². The highest BCUT2D eigenvalue weighted by Crippen LogP contribution is 2.21. The van der Waals surface area contributed by atoms with Gasteiger partial charge in [-0.1, -0.05) is 23.2 Å². The van der Waals surface area contributed by atoms with Crippen LogP contribution < -0.4 is 11.3 Å². The predicted molar refractivity (Wildman–Crippen MR) is 65.3 cm³/mol. The number of hydrazine groups is 1. The maximum absolute atomic E-state index is 5.84. The number of hydrogen-bond donors (Lipinski definition) is 2. The van der Waals surface area contributed by atoms with Crippen molar-refractivity contribution in [1.29, 1.82) is 0 Å². The number of nitrogens with two attached hydrogens (primary N) is 1. The smallest absolute Gasteiger partial charge is 0.163 e. The van der Waals surface area contributed by atoms with Gasteiger partial charge in [0.15, 0.2) is 5.82 Å². The van der Waals surface area contributed by atoms with Crippen molar-refractivity contribution in [2.45, 2.75) is 0 Å². The van der Waals surface area contributed by atoms with Crippen molar-refractivity contribution in [3.63, 3.8) is 0 Å². The van der Waals surface area contributed by atoms with Gasteiger partial charge >= 0.3 is 0 Å². The van der Waals surface area contributed by atoms with Gasteiger partial charge in [0, 0.05) is 16.7 Å². The van der Waals surface area contributed by atoms with Crippen LogP contribution in [0.25, 0.3) is 11.4 Å². The first-order chi connectivity index (χ1) is 7.69. The number of halogens is 2. The van der Waals surface area contributed by atoms with E-state index in [2.05, 4.69) is 15.4 Å². The molecule has 2 aromatic rings. The number of rotatable bonds is 2. The number of nitrogens with zero attached hydrogens (tertiary/aromatic N) is 2. The average molecular weight is 255 g/mol. The van der Waals surface area contributed by atoms with Gasteiger partial charge in [0.25, 0.3) is 0 Å². The minimum absolute atomic E-state index is 0.327. The summed E-state index contributed by atoms with van der Waals surface area (Å²) in [6.45, 7) is 0. The van der Waals surface area contributed by atoms with Gasteiger partial charge in [0.1, 0.15) is 11.0 Å². The van der Waals surface area contributed by atoms with Gasteiger partial charge in [0.05, 0.1) is 0 Å². The van der Waals surface area contributed by atoms with E-state index < -0.39 is 0 Å². The van der Waals surface area contributed by atoms with E-state index in [1.807, 2.05) is 12.1 Å². The molecule has 0 radical (unpaired) electrons. The van der Waals surface area contributed by atoms with Crippen LogP contribution in [0.2, 0.25) is 10.2 Å². The Hall–Kier alpha value is -1.36. The fourth-order valence-electron chi connectivity index (χ4n) is 1.22. The molecule has 6 heteroatoms. The van der Waals surface area contributed by atoms with Crippen molar-refractivity contribution in [1.82, 2.24) is 9.97 Å². The third kappa shape index (κ3) is 2.41. The van der Waals surface area contributed by atoms with Gasteiger partial charge in [-0.05, 0) is 24.3 Å². The molecule has 1 heterocycles. The molecule has 0 saturated carbocycles. The summed E-state index contributed by atoms with van der Waals surface area (Å²) in [5.74, 6) is 6.23. The van der Waals surface area contributed by atoms with Crippen molar-refractivity contribution in [3.8, 4) is 11.4 Å². The Morgan fingerprint density at radius 2 is 1.75 bits per heavy atom. The molecule has 4 nitrogen and oxygen atoms in total. The van der Waals surface area contributed by atoms with Crippen LogP contribution in [0.5, 0.6) is 0 Å². The zero-order valence-electron chi connectivity index (χ0n) is 8.11. The molecule has 0 atom stereocenters. The number of nitrogens with one attached hydrogen (secondary N) is 1. The summed E-state index contributed by atoms with van der Waals surface area (Å²) in [4.78, 5) is 8.27. The number of benzene rings is 1. The van der Waals surface area contributed by atoms with Crippen molar-refractivity contribution in [2.75, 3.05) is 5.43 Å². The number of aromatic nitrogens is 2. The van der Waals surface area contributed by atoms with Gasteiger partial charge in [-0.25, -0.2) is 15.8 Å². The van der Waals surface area contributed by atoms with E-state index in [0.29, 0.717) is 21.8 Å². The summed E-state index contributed by atoms with van der Waals surface area (Å²) >= 11 is 11.6. The highest BCUT2D eigenvalue weighted by Gasteiger charge is 2.04. The molecule has 2 rings (SSSR count). The largest absolute Gasteiger partial charge is 0.308 e. The number of nitrogen functional groups attached to an aromatic ring is 1. The molecule has 1 aromatic carbocycles. The lowest BCUT2D eigenvalue weighted by atomic mass is 10.2. The molecule has 3 N–H and O–H groups in total. The molecule has 0 spiro atoms. The van der Waals surface area contributed by atoms with E-state index in [4.69, 9.17) is 29.0 Å². The summed E-state index contributed by atoms with van der Waals surface area (Å²) in [6.07, 6.45) is 0. The first-order valence-electron chi connectivity index (χ1n) is 4.46. The third-order valence-electron chi connectivity index (χ3n) is 1.95. The molecule has 0 aliphatic heterocycles. The van der Waals surface area contributed by atoms with Crippen LogP contribution in [0.3, 0.4) is 0 Å². The van der Waals surface area contributed by atoms with E-state index in [1.165, 1.54) is 0 Å². The lowest BCUT2D eigenvalue weighted by Gasteiger charge is -2.04. The molecule has 0 fully saturated rings. The summed E-state index contributed by atoms with van der Waals surface area (Å²) in [6, 6.07) is 8.69. The highest BCUT2D eigenvalue weighted by molar-refractivity contribution is 6.30. The van der Waals surface area contributed by atoms with Gasteiger partial charge in [-0.2, -0.15) is 0 Å². The van der Waals surface area contributed by atoms with Gasteiger partial charge in [-0.3, -0.25) is 0 Å². The minimum atomic E-state index is 0.327. The van der Waals surface area contributed by atoms with Crippen molar-refractivity contribution in [3.05, 3.63) is 40.5 Å². The SMILES string of the molecule is NNc1cc(Cl)nc(-c2ccc(Cl)cc2)n1. The quantitative estimate of drug-likeness (QED) is 0.492. The van der Waals surface area contributed by atoms with E-state index >= 15 is 0 Å². The maximum Gasteiger partial charge on any atom is 0.163 e. The fourth-order valence-corrected chi connectivity index (χ4v) is 1.53.